The van der Waals surface area contributed by atoms with Gasteiger partial charge in [0.05, 0.1) is 11.6 Å². The molecular formula is C21H25N3O3S. The second kappa shape index (κ2) is 8.41. The lowest BCUT2D eigenvalue weighted by molar-refractivity contribution is -0.142. The van der Waals surface area contributed by atoms with Gasteiger partial charge in [0.2, 0.25) is 0 Å². The van der Waals surface area contributed by atoms with Crippen LogP contribution < -0.4 is 10.6 Å². The summed E-state index contributed by atoms with van der Waals surface area (Å²) in [6, 6.07) is 7.69. The molecule has 1 aromatic carbocycles. The van der Waals surface area contributed by atoms with Crippen molar-refractivity contribution in [2.45, 2.75) is 44.6 Å². The Morgan fingerprint density at radius 2 is 1.79 bits per heavy atom. The number of nitrogens with one attached hydrogen (secondary N) is 2. The molecule has 7 heteroatoms. The Bertz CT molecular complexity index is 831. The number of carboxylic acids is 1. The quantitative estimate of drug-likeness (QED) is 0.735. The van der Waals surface area contributed by atoms with Crippen LogP contribution in [0.1, 0.15) is 46.6 Å². The minimum atomic E-state index is -0.726. The number of amides is 1. The fraction of sp³-hybridized carbons (Fsp3) is 0.476. The highest BCUT2D eigenvalue weighted by Gasteiger charge is 2.27. The molecule has 0 spiro atoms. The summed E-state index contributed by atoms with van der Waals surface area (Å²) in [5.41, 5.74) is 2.87. The number of thiazole rings is 1. The maximum atomic E-state index is 12.5. The molecule has 1 aromatic heterocycles. The van der Waals surface area contributed by atoms with E-state index in [0.717, 1.165) is 49.3 Å². The third kappa shape index (κ3) is 4.25. The first-order chi connectivity index (χ1) is 13.6. The number of fused-ring (bicyclic) bond motifs is 1. The highest BCUT2D eigenvalue weighted by Crippen LogP contribution is 2.30. The summed E-state index contributed by atoms with van der Waals surface area (Å²) in [6.45, 7) is 1.98. The van der Waals surface area contributed by atoms with Crippen molar-refractivity contribution in [3.63, 3.8) is 0 Å². The predicted molar refractivity (Wildman–Crippen MR) is 109 cm³/mol. The van der Waals surface area contributed by atoms with Crippen molar-refractivity contribution in [3.05, 3.63) is 40.4 Å². The van der Waals surface area contributed by atoms with Crippen molar-refractivity contribution in [2.24, 2.45) is 5.92 Å². The van der Waals surface area contributed by atoms with E-state index in [1.54, 1.807) is 11.3 Å². The zero-order valence-electron chi connectivity index (χ0n) is 15.7. The van der Waals surface area contributed by atoms with Crippen molar-refractivity contribution < 1.29 is 14.7 Å². The van der Waals surface area contributed by atoms with Crippen LogP contribution in [0.5, 0.6) is 0 Å². The molecule has 1 aliphatic carbocycles. The molecule has 2 heterocycles. The van der Waals surface area contributed by atoms with Crippen LogP contribution in [0.2, 0.25) is 0 Å². The van der Waals surface area contributed by atoms with Crippen LogP contribution in [0, 0.1) is 5.92 Å². The first kappa shape index (κ1) is 19.1. The highest BCUT2D eigenvalue weighted by molar-refractivity contribution is 7.15. The molecule has 2 aliphatic rings. The van der Waals surface area contributed by atoms with Crippen LogP contribution in [0.15, 0.2) is 24.3 Å². The monoisotopic (exact) mass is 399 g/mol. The molecular weight excluding hydrogens is 374 g/mol. The summed E-state index contributed by atoms with van der Waals surface area (Å²) >= 11 is 1.75. The van der Waals surface area contributed by atoms with Crippen LogP contribution in [-0.2, 0) is 17.6 Å². The number of nitrogens with zero attached hydrogens (tertiary/aromatic N) is 1. The number of carbonyl (C=O) groups excluding carboxylic acids is 1. The normalized spacial score (nSPS) is 22.1. The second-order valence-corrected chi connectivity index (χ2v) is 8.66. The molecule has 1 saturated carbocycles. The number of hydrogen-bond donors (Lipinski definition) is 3. The summed E-state index contributed by atoms with van der Waals surface area (Å²) in [6.07, 6.45) is 4.70. The van der Waals surface area contributed by atoms with Gasteiger partial charge in [0.25, 0.3) is 5.91 Å². The number of hydrogen-bond acceptors (Lipinski definition) is 5. The Morgan fingerprint density at radius 1 is 1.07 bits per heavy atom. The fourth-order valence-electron chi connectivity index (χ4n) is 3.95. The molecule has 2 aromatic rings. The van der Waals surface area contributed by atoms with Gasteiger partial charge in [-0.3, -0.25) is 9.59 Å². The third-order valence-corrected chi connectivity index (χ3v) is 6.86. The van der Waals surface area contributed by atoms with Crippen LogP contribution in [0.4, 0.5) is 0 Å². The number of carbonyl (C=O) groups is 2. The zero-order valence-corrected chi connectivity index (χ0v) is 16.6. The number of carboxylic acid groups (broad SMARTS) is 1. The van der Waals surface area contributed by atoms with E-state index in [0.29, 0.717) is 18.4 Å². The first-order valence-corrected chi connectivity index (χ1v) is 10.7. The van der Waals surface area contributed by atoms with E-state index in [2.05, 4.69) is 10.6 Å². The number of rotatable bonds is 4. The van der Waals surface area contributed by atoms with E-state index >= 15 is 0 Å². The van der Waals surface area contributed by atoms with E-state index in [9.17, 15) is 9.59 Å². The van der Waals surface area contributed by atoms with Crippen molar-refractivity contribution in [2.75, 3.05) is 13.1 Å². The Labute approximate surface area is 168 Å². The number of aliphatic carboxylic acids is 1. The lowest BCUT2D eigenvalue weighted by atomic mass is 9.86. The molecule has 1 aliphatic heterocycles. The van der Waals surface area contributed by atoms with E-state index in [4.69, 9.17) is 10.1 Å². The van der Waals surface area contributed by atoms with Gasteiger partial charge < -0.3 is 15.7 Å². The van der Waals surface area contributed by atoms with Crippen molar-refractivity contribution in [1.29, 1.82) is 0 Å². The Balaban J connectivity index is 1.38. The van der Waals surface area contributed by atoms with Gasteiger partial charge in [-0.15, -0.1) is 11.3 Å². The summed E-state index contributed by atoms with van der Waals surface area (Å²) in [5.74, 6) is -1.08. The summed E-state index contributed by atoms with van der Waals surface area (Å²) in [5, 5.41) is 16.5. The first-order valence-electron chi connectivity index (χ1n) is 9.93. The van der Waals surface area contributed by atoms with Gasteiger partial charge >= 0.3 is 5.97 Å². The molecule has 6 nitrogen and oxygen atoms in total. The Hall–Kier alpha value is -2.25. The van der Waals surface area contributed by atoms with Crippen LogP contribution >= 0.6 is 11.3 Å². The maximum absolute atomic E-state index is 12.5. The average molecular weight is 400 g/mol. The lowest BCUT2D eigenvalue weighted by Gasteiger charge is -2.26. The van der Waals surface area contributed by atoms with Crippen LogP contribution in [-0.4, -0.2) is 41.1 Å². The minimum Gasteiger partial charge on any atom is -0.481 e. The summed E-state index contributed by atoms with van der Waals surface area (Å²) in [7, 11) is 0. The minimum absolute atomic E-state index is 0.0611. The van der Waals surface area contributed by atoms with Crippen LogP contribution in [0.3, 0.4) is 0 Å². The molecule has 4 rings (SSSR count). The van der Waals surface area contributed by atoms with Gasteiger partial charge in [0.15, 0.2) is 0 Å². The number of benzene rings is 1. The van der Waals surface area contributed by atoms with Gasteiger partial charge in [-0.05, 0) is 44.2 Å². The van der Waals surface area contributed by atoms with E-state index in [-0.39, 0.29) is 17.9 Å². The van der Waals surface area contributed by atoms with Gasteiger partial charge in [-0.25, -0.2) is 4.98 Å². The van der Waals surface area contributed by atoms with Gasteiger partial charge in [-0.2, -0.15) is 0 Å². The second-order valence-electron chi connectivity index (χ2n) is 7.58. The van der Waals surface area contributed by atoms with Gasteiger partial charge in [0, 0.05) is 41.6 Å². The molecule has 1 fully saturated rings. The zero-order chi connectivity index (χ0) is 19.5. The van der Waals surface area contributed by atoms with Crippen molar-refractivity contribution >= 4 is 23.2 Å². The lowest BCUT2D eigenvalue weighted by Crippen LogP contribution is -2.38. The molecule has 3 N–H and O–H groups in total. The topological polar surface area (TPSA) is 91.3 Å². The van der Waals surface area contributed by atoms with Crippen LogP contribution in [0.25, 0.3) is 10.6 Å². The molecule has 0 radical (unpaired) electrons. The molecule has 1 amide bonds. The average Bonchev–Trinajstić information content (AvgIpc) is 2.99. The van der Waals surface area contributed by atoms with E-state index in [1.807, 2.05) is 24.3 Å². The standard InChI is InChI=1S/C21H25N3O3S/c25-19(23-16-7-5-15(6-8-16)21(26)27)13-1-3-14(4-2-13)20-24-17-9-11-22-12-10-18(17)28-20/h1-4,15-16,22H,5-12H2,(H,23,25)(H,26,27). The summed E-state index contributed by atoms with van der Waals surface area (Å²) < 4.78 is 0. The predicted octanol–water partition coefficient (Wildman–Crippen LogP) is 2.87. The van der Waals surface area contributed by atoms with E-state index in [1.165, 1.54) is 10.6 Å². The Morgan fingerprint density at radius 3 is 2.50 bits per heavy atom. The molecule has 0 unspecified atom stereocenters. The van der Waals surface area contributed by atoms with Crippen molar-refractivity contribution in [3.8, 4) is 10.6 Å². The van der Waals surface area contributed by atoms with E-state index < -0.39 is 5.97 Å². The maximum Gasteiger partial charge on any atom is 0.306 e. The molecule has 148 valence electrons. The summed E-state index contributed by atoms with van der Waals surface area (Å²) in [4.78, 5) is 29.7. The SMILES string of the molecule is O=C(NC1CCC(C(=O)O)CC1)c1ccc(-c2nc3c(s2)CCNCC3)cc1. The molecule has 0 atom stereocenters. The van der Waals surface area contributed by atoms with Gasteiger partial charge in [-0.1, -0.05) is 12.1 Å². The molecule has 0 saturated heterocycles. The highest BCUT2D eigenvalue weighted by atomic mass is 32.1. The Kier molecular flexibility index (Phi) is 5.73. The number of aromatic nitrogens is 1. The van der Waals surface area contributed by atoms with Crippen molar-refractivity contribution in [1.82, 2.24) is 15.6 Å². The largest absolute Gasteiger partial charge is 0.481 e. The smallest absolute Gasteiger partial charge is 0.306 e. The molecule has 28 heavy (non-hydrogen) atoms. The fourth-order valence-corrected chi connectivity index (χ4v) is 5.06. The third-order valence-electron chi connectivity index (χ3n) is 5.65. The van der Waals surface area contributed by atoms with Gasteiger partial charge in [0.1, 0.15) is 5.01 Å². The molecule has 0 bridgehead atoms.